The first kappa shape index (κ1) is 27.2. The maximum absolute atomic E-state index is 12.4. The lowest BCUT2D eigenvalue weighted by Gasteiger charge is -2.34. The van der Waals surface area contributed by atoms with Gasteiger partial charge in [-0.1, -0.05) is 17.7 Å². The van der Waals surface area contributed by atoms with Crippen molar-refractivity contribution in [2.75, 3.05) is 45.3 Å². The van der Waals surface area contributed by atoms with Crippen LogP contribution in [0.4, 0.5) is 5.82 Å². The minimum absolute atomic E-state index is 0. The summed E-state index contributed by atoms with van der Waals surface area (Å²) in [5, 5.41) is 0.646. The van der Waals surface area contributed by atoms with Crippen LogP contribution in [0.5, 0.6) is 17.2 Å². The minimum Gasteiger partial charge on any atom is -0.484 e. The number of hydrogen-bond acceptors (Lipinski definition) is 9. The standard InChI is InChI=1S/C20H21ClN2O4.C5H5N5.ClH/c21-16-2-4-17(5-3-16)25-13-20(24)23-9-7-22(8-10-23)12-15-1-6-18-19(11-15)27-14-26-18;6-4-3-5(9-1-7-3)10-2-8-4;/h1-6,11H,7-10,12-14H2;1-2H,(H3,6,7,8,9,10);1H. The van der Waals surface area contributed by atoms with E-state index in [2.05, 4.69) is 30.9 Å². The quantitative estimate of drug-likeness (QED) is 0.378. The normalized spacial score (nSPS) is 14.4. The Kier molecular flexibility index (Phi) is 9.06. The number of rotatable bonds is 5. The number of halogens is 2. The van der Waals surface area contributed by atoms with Crippen molar-refractivity contribution in [3.8, 4) is 17.2 Å². The Balaban J connectivity index is 0.000000256. The highest BCUT2D eigenvalue weighted by molar-refractivity contribution is 6.30. The van der Waals surface area contributed by atoms with Gasteiger partial charge in [-0.3, -0.25) is 9.69 Å². The number of H-pyrrole nitrogens is 1. The molecule has 0 bridgehead atoms. The Bertz CT molecular complexity index is 1360. The van der Waals surface area contributed by atoms with Crippen molar-refractivity contribution < 1.29 is 19.0 Å². The van der Waals surface area contributed by atoms with Crippen LogP contribution in [0.1, 0.15) is 5.56 Å². The SMILES string of the molecule is Cl.Nc1ncnc2nc[nH]c12.O=C(COc1ccc(Cl)cc1)N1CCN(Cc2ccc3c(c2)OCO3)CC1. The molecule has 0 unspecified atom stereocenters. The van der Waals surface area contributed by atoms with E-state index in [0.717, 1.165) is 31.1 Å². The van der Waals surface area contributed by atoms with Crippen LogP contribution in [0.15, 0.2) is 55.1 Å². The van der Waals surface area contributed by atoms with Gasteiger partial charge in [-0.05, 0) is 42.0 Å². The Morgan fingerprint density at radius 2 is 1.79 bits per heavy atom. The van der Waals surface area contributed by atoms with E-state index in [-0.39, 0.29) is 31.7 Å². The van der Waals surface area contributed by atoms with Crippen molar-refractivity contribution in [1.82, 2.24) is 29.7 Å². The van der Waals surface area contributed by atoms with Crippen molar-refractivity contribution in [3.05, 3.63) is 65.7 Å². The monoisotopic (exact) mass is 559 g/mol. The van der Waals surface area contributed by atoms with Crippen LogP contribution in [0, 0.1) is 0 Å². The van der Waals surface area contributed by atoms with Gasteiger partial charge in [-0.2, -0.15) is 0 Å². The van der Waals surface area contributed by atoms with Crippen molar-refractivity contribution in [2.45, 2.75) is 6.54 Å². The molecule has 4 aromatic rings. The number of hydrogen-bond donors (Lipinski definition) is 2. The highest BCUT2D eigenvalue weighted by atomic mass is 35.5. The molecule has 1 amide bonds. The van der Waals surface area contributed by atoms with Crippen LogP contribution >= 0.6 is 24.0 Å². The van der Waals surface area contributed by atoms with E-state index in [9.17, 15) is 4.79 Å². The Morgan fingerprint density at radius 1 is 1.03 bits per heavy atom. The Morgan fingerprint density at radius 3 is 2.55 bits per heavy atom. The Labute approximate surface area is 230 Å². The Hall–Kier alpha value is -3.80. The molecule has 2 aromatic heterocycles. The van der Waals surface area contributed by atoms with E-state index in [1.54, 1.807) is 24.3 Å². The van der Waals surface area contributed by atoms with Crippen molar-refractivity contribution in [3.63, 3.8) is 0 Å². The van der Waals surface area contributed by atoms with Crippen molar-refractivity contribution in [1.29, 1.82) is 0 Å². The molecule has 6 rings (SSSR count). The molecular weight excluding hydrogens is 533 g/mol. The number of anilines is 1. The number of nitrogens with one attached hydrogen (secondary N) is 1. The molecule has 200 valence electrons. The van der Waals surface area contributed by atoms with Crippen LogP contribution in [-0.2, 0) is 11.3 Å². The fraction of sp³-hybridized carbons (Fsp3) is 0.280. The lowest BCUT2D eigenvalue weighted by molar-refractivity contribution is -0.135. The minimum atomic E-state index is 0. The number of aromatic nitrogens is 4. The molecule has 2 aromatic carbocycles. The van der Waals surface area contributed by atoms with Crippen LogP contribution < -0.4 is 19.9 Å². The molecule has 0 radical (unpaired) electrons. The first-order chi connectivity index (χ1) is 18.0. The van der Waals surface area contributed by atoms with Crippen molar-refractivity contribution in [2.24, 2.45) is 0 Å². The first-order valence-electron chi connectivity index (χ1n) is 11.7. The number of nitrogen functional groups attached to an aromatic ring is 1. The second-order valence-corrected chi connectivity index (χ2v) is 8.88. The first-order valence-corrected chi connectivity index (χ1v) is 12.1. The lowest BCUT2D eigenvalue weighted by atomic mass is 10.1. The third-order valence-electron chi connectivity index (χ3n) is 6.00. The van der Waals surface area contributed by atoms with E-state index in [0.29, 0.717) is 40.8 Å². The number of nitrogens with zero attached hydrogens (tertiary/aromatic N) is 5. The van der Waals surface area contributed by atoms with Crippen LogP contribution in [0.25, 0.3) is 11.2 Å². The molecule has 13 heteroatoms. The lowest BCUT2D eigenvalue weighted by Crippen LogP contribution is -2.49. The number of amides is 1. The smallest absolute Gasteiger partial charge is 0.260 e. The summed E-state index contributed by atoms with van der Waals surface area (Å²) in [5.74, 6) is 2.69. The second kappa shape index (κ2) is 12.6. The van der Waals surface area contributed by atoms with E-state index in [4.69, 9.17) is 31.5 Å². The fourth-order valence-corrected chi connectivity index (χ4v) is 4.13. The summed E-state index contributed by atoms with van der Waals surface area (Å²) in [7, 11) is 0. The number of benzene rings is 2. The molecule has 0 spiro atoms. The van der Waals surface area contributed by atoms with Gasteiger partial charge < -0.3 is 29.8 Å². The van der Waals surface area contributed by atoms with Crippen LogP contribution in [0.2, 0.25) is 5.02 Å². The topological polar surface area (TPSA) is 132 Å². The van der Waals surface area contributed by atoms with Gasteiger partial charge in [0.1, 0.15) is 17.6 Å². The third kappa shape index (κ3) is 6.74. The molecule has 1 saturated heterocycles. The number of fused-ring (bicyclic) bond motifs is 2. The maximum atomic E-state index is 12.4. The number of ether oxygens (including phenoxy) is 3. The van der Waals surface area contributed by atoms with Crippen LogP contribution in [0.3, 0.4) is 0 Å². The van der Waals surface area contributed by atoms with Gasteiger partial charge >= 0.3 is 0 Å². The zero-order chi connectivity index (χ0) is 25.6. The zero-order valence-electron chi connectivity index (χ0n) is 20.4. The van der Waals surface area contributed by atoms with Gasteiger partial charge in [0.05, 0.1) is 6.33 Å². The molecule has 2 aliphatic heterocycles. The van der Waals surface area contributed by atoms with Gasteiger partial charge in [-0.15, -0.1) is 12.4 Å². The largest absolute Gasteiger partial charge is 0.484 e. The van der Waals surface area contributed by atoms with E-state index < -0.39 is 0 Å². The molecule has 3 N–H and O–H groups in total. The van der Waals surface area contributed by atoms with E-state index in [1.165, 1.54) is 18.2 Å². The number of carbonyl (C=O) groups is 1. The van der Waals surface area contributed by atoms with Gasteiger partial charge in [0, 0.05) is 37.7 Å². The highest BCUT2D eigenvalue weighted by Gasteiger charge is 2.22. The number of carbonyl (C=O) groups excluding carboxylic acids is 1. The number of aromatic amines is 1. The van der Waals surface area contributed by atoms with Gasteiger partial charge in [-0.25, -0.2) is 15.0 Å². The molecule has 4 heterocycles. The summed E-state index contributed by atoms with van der Waals surface area (Å²) in [6, 6.07) is 13.1. The number of imidazole rings is 1. The van der Waals surface area contributed by atoms with E-state index >= 15 is 0 Å². The summed E-state index contributed by atoms with van der Waals surface area (Å²) >= 11 is 5.85. The predicted octanol–water partition coefficient (Wildman–Crippen LogP) is 3.15. The number of nitrogens with two attached hydrogens (primary N) is 1. The average molecular weight is 560 g/mol. The molecule has 0 aliphatic carbocycles. The molecular formula is C25H27Cl2N7O4. The molecule has 0 saturated carbocycles. The second-order valence-electron chi connectivity index (χ2n) is 8.45. The summed E-state index contributed by atoms with van der Waals surface area (Å²) in [4.78, 5) is 30.9. The van der Waals surface area contributed by atoms with Crippen LogP contribution in [-0.4, -0.2) is 75.2 Å². The fourth-order valence-electron chi connectivity index (χ4n) is 4.00. The van der Waals surface area contributed by atoms with E-state index in [1.807, 2.05) is 17.0 Å². The highest BCUT2D eigenvalue weighted by Crippen LogP contribution is 2.32. The number of piperazine rings is 1. The van der Waals surface area contributed by atoms with Gasteiger partial charge in [0.2, 0.25) is 6.79 Å². The summed E-state index contributed by atoms with van der Waals surface area (Å²) in [6.45, 7) is 4.24. The molecule has 2 aliphatic rings. The van der Waals surface area contributed by atoms with Gasteiger partial charge in [0.25, 0.3) is 5.91 Å². The van der Waals surface area contributed by atoms with Gasteiger partial charge in [0.15, 0.2) is 29.6 Å². The predicted molar refractivity (Wildman–Crippen MR) is 145 cm³/mol. The summed E-state index contributed by atoms with van der Waals surface area (Å²) in [5.41, 5.74) is 7.96. The summed E-state index contributed by atoms with van der Waals surface area (Å²) < 4.78 is 16.3. The molecule has 0 atom stereocenters. The third-order valence-corrected chi connectivity index (χ3v) is 6.25. The van der Waals surface area contributed by atoms with Crippen molar-refractivity contribution >= 4 is 46.9 Å². The zero-order valence-corrected chi connectivity index (χ0v) is 22.0. The molecule has 11 nitrogen and oxygen atoms in total. The average Bonchev–Trinajstić information content (AvgIpc) is 3.59. The molecule has 1 fully saturated rings. The molecule has 38 heavy (non-hydrogen) atoms. The maximum Gasteiger partial charge on any atom is 0.260 e. The summed E-state index contributed by atoms with van der Waals surface area (Å²) in [6.07, 6.45) is 2.92.